The lowest BCUT2D eigenvalue weighted by Gasteiger charge is -2.23. The first-order chi connectivity index (χ1) is 15.2. The molecule has 0 bridgehead atoms. The van der Waals surface area contributed by atoms with Gasteiger partial charge < -0.3 is 10.0 Å². The molecule has 32 heavy (non-hydrogen) atoms. The highest BCUT2D eigenvalue weighted by Crippen LogP contribution is 2.43. The molecule has 1 N–H and O–H groups in total. The molecule has 0 spiro atoms. The molecule has 1 aliphatic rings. The second-order valence-corrected chi connectivity index (χ2v) is 8.11. The van der Waals surface area contributed by atoms with E-state index >= 15 is 0 Å². The molecule has 0 saturated carbocycles. The van der Waals surface area contributed by atoms with Gasteiger partial charge in [-0.3, -0.25) is 19.7 Å². The number of fused-ring (bicyclic) bond motifs is 1. The molecule has 4 rings (SSSR count). The summed E-state index contributed by atoms with van der Waals surface area (Å²) in [5.41, 5.74) is 1.73. The fourth-order valence-electron chi connectivity index (χ4n) is 4.10. The lowest BCUT2D eigenvalue weighted by molar-refractivity contribution is -0.384. The first-order valence-electron chi connectivity index (χ1n) is 10.2. The number of nitro benzene ring substituents is 1. The van der Waals surface area contributed by atoms with Crippen molar-refractivity contribution in [2.24, 2.45) is 0 Å². The molecular formula is C25H22N2O5. The van der Waals surface area contributed by atoms with Crippen LogP contribution in [0.5, 0.6) is 0 Å². The molecule has 0 saturated heterocycles. The van der Waals surface area contributed by atoms with Crippen LogP contribution in [0.2, 0.25) is 0 Å². The van der Waals surface area contributed by atoms with Gasteiger partial charge in [-0.05, 0) is 31.0 Å². The highest BCUT2D eigenvalue weighted by atomic mass is 16.6. The second-order valence-electron chi connectivity index (χ2n) is 8.11. The van der Waals surface area contributed by atoms with Crippen LogP contribution in [0.4, 0.5) is 11.4 Å². The van der Waals surface area contributed by atoms with Gasteiger partial charge in [0.15, 0.2) is 11.4 Å². The highest BCUT2D eigenvalue weighted by Gasteiger charge is 2.50. The number of aryl methyl sites for hydroxylation is 2. The maximum atomic E-state index is 13.4. The fraction of sp³-hybridized carbons (Fsp3) is 0.200. The summed E-state index contributed by atoms with van der Waals surface area (Å²) in [5.74, 6) is -1.13. The van der Waals surface area contributed by atoms with E-state index in [2.05, 4.69) is 0 Å². The molecular weight excluding hydrogens is 408 g/mol. The van der Waals surface area contributed by atoms with E-state index in [1.54, 1.807) is 24.3 Å². The minimum absolute atomic E-state index is 0.0749. The first-order valence-corrected chi connectivity index (χ1v) is 10.2. The number of amides is 1. The number of Topliss-reactive ketones (excluding diaryl/α,β-unsaturated/α-hetero) is 1. The standard InChI is InChI=1S/C25H22N2O5/c1-16-10-11-17(2)19(12-16)15-26-22-9-4-3-8-21(22)25(30,24(26)29)14-23(28)18-6-5-7-20(13-18)27(31)32/h3-13,30H,14-15H2,1-2H3. The van der Waals surface area contributed by atoms with Crippen LogP contribution in [0.3, 0.4) is 0 Å². The zero-order valence-corrected chi connectivity index (χ0v) is 17.7. The largest absolute Gasteiger partial charge is 0.375 e. The molecule has 7 heteroatoms. The molecule has 1 amide bonds. The van der Waals surface area contributed by atoms with E-state index in [0.29, 0.717) is 11.3 Å². The summed E-state index contributed by atoms with van der Waals surface area (Å²) in [6.07, 6.45) is -0.507. The number of carbonyl (C=O) groups is 2. The van der Waals surface area contributed by atoms with Crippen LogP contribution in [0.25, 0.3) is 0 Å². The molecule has 3 aromatic carbocycles. The summed E-state index contributed by atoms with van der Waals surface area (Å²) in [6, 6.07) is 18.1. The van der Waals surface area contributed by atoms with Gasteiger partial charge in [0.2, 0.25) is 0 Å². The van der Waals surface area contributed by atoms with Gasteiger partial charge in [0.1, 0.15) is 0 Å². The van der Waals surface area contributed by atoms with E-state index < -0.39 is 28.6 Å². The molecule has 0 aromatic heterocycles. The number of hydrogen-bond acceptors (Lipinski definition) is 5. The Morgan fingerprint density at radius 1 is 1.06 bits per heavy atom. The molecule has 1 heterocycles. The zero-order valence-electron chi connectivity index (χ0n) is 17.7. The van der Waals surface area contributed by atoms with Crippen LogP contribution in [-0.2, 0) is 16.9 Å². The van der Waals surface area contributed by atoms with Crippen molar-refractivity contribution in [3.05, 3.63) is 105 Å². The van der Waals surface area contributed by atoms with Crippen molar-refractivity contribution < 1.29 is 19.6 Å². The second kappa shape index (κ2) is 8.01. The molecule has 1 atom stereocenters. The van der Waals surface area contributed by atoms with Gasteiger partial charge in [0, 0.05) is 23.3 Å². The van der Waals surface area contributed by atoms with Crippen molar-refractivity contribution in [1.82, 2.24) is 0 Å². The van der Waals surface area contributed by atoms with E-state index in [9.17, 15) is 24.8 Å². The summed E-state index contributed by atoms with van der Waals surface area (Å²) < 4.78 is 0. The molecule has 7 nitrogen and oxygen atoms in total. The first kappa shape index (κ1) is 21.4. The summed E-state index contributed by atoms with van der Waals surface area (Å²) >= 11 is 0. The highest BCUT2D eigenvalue weighted by molar-refractivity contribution is 6.10. The lowest BCUT2D eigenvalue weighted by atomic mass is 9.88. The summed E-state index contributed by atoms with van der Waals surface area (Å²) in [6.45, 7) is 4.19. The summed E-state index contributed by atoms with van der Waals surface area (Å²) in [5, 5.41) is 22.5. The molecule has 0 radical (unpaired) electrons. The normalized spacial score (nSPS) is 17.3. The van der Waals surface area contributed by atoms with Crippen molar-refractivity contribution >= 4 is 23.1 Å². The third kappa shape index (κ3) is 3.67. The topological polar surface area (TPSA) is 101 Å². The number of benzene rings is 3. The Labute approximate surface area is 185 Å². The third-order valence-electron chi connectivity index (χ3n) is 5.87. The summed E-state index contributed by atoms with van der Waals surface area (Å²) in [7, 11) is 0. The number of carbonyl (C=O) groups excluding carboxylic acids is 2. The van der Waals surface area contributed by atoms with Gasteiger partial charge in [-0.25, -0.2) is 0 Å². The molecule has 3 aromatic rings. The Balaban J connectivity index is 1.69. The van der Waals surface area contributed by atoms with Crippen LogP contribution >= 0.6 is 0 Å². The number of anilines is 1. The Hall–Kier alpha value is -3.84. The maximum absolute atomic E-state index is 13.4. The predicted molar refractivity (Wildman–Crippen MR) is 119 cm³/mol. The zero-order chi connectivity index (χ0) is 23.0. The van der Waals surface area contributed by atoms with Crippen molar-refractivity contribution in [3.8, 4) is 0 Å². The maximum Gasteiger partial charge on any atom is 0.270 e. The van der Waals surface area contributed by atoms with Crippen LogP contribution in [-0.4, -0.2) is 21.7 Å². The number of aliphatic hydroxyl groups is 1. The molecule has 1 unspecified atom stereocenters. The van der Waals surface area contributed by atoms with Crippen molar-refractivity contribution in [3.63, 3.8) is 0 Å². The van der Waals surface area contributed by atoms with Crippen LogP contribution in [0.1, 0.15) is 39.0 Å². The number of para-hydroxylation sites is 1. The quantitative estimate of drug-likeness (QED) is 0.358. The van der Waals surface area contributed by atoms with E-state index in [-0.39, 0.29) is 17.8 Å². The van der Waals surface area contributed by atoms with Crippen LogP contribution < -0.4 is 4.90 Å². The average molecular weight is 430 g/mol. The third-order valence-corrected chi connectivity index (χ3v) is 5.87. The van der Waals surface area contributed by atoms with Gasteiger partial charge in [0.05, 0.1) is 23.6 Å². The minimum atomic E-state index is -2.05. The van der Waals surface area contributed by atoms with Crippen LogP contribution in [0.15, 0.2) is 66.7 Å². The number of nitrogens with zero attached hydrogens (tertiary/aromatic N) is 2. The van der Waals surface area contributed by atoms with Crippen molar-refractivity contribution in [1.29, 1.82) is 0 Å². The predicted octanol–water partition coefficient (Wildman–Crippen LogP) is 4.22. The number of non-ortho nitro benzene ring substituents is 1. The Morgan fingerprint density at radius 3 is 2.56 bits per heavy atom. The van der Waals surface area contributed by atoms with Gasteiger partial charge in [0.25, 0.3) is 11.6 Å². The molecule has 0 aliphatic carbocycles. The Morgan fingerprint density at radius 2 is 1.81 bits per heavy atom. The van der Waals surface area contributed by atoms with E-state index in [4.69, 9.17) is 0 Å². The summed E-state index contributed by atoms with van der Waals surface area (Å²) in [4.78, 5) is 38.3. The molecule has 162 valence electrons. The number of hydrogen-bond donors (Lipinski definition) is 1. The number of ketones is 1. The monoisotopic (exact) mass is 430 g/mol. The SMILES string of the molecule is Cc1ccc(C)c(CN2C(=O)C(O)(CC(=O)c3cccc([N+](=O)[O-])c3)c3ccccc32)c1. The Bertz CT molecular complexity index is 1250. The van der Waals surface area contributed by atoms with E-state index in [1.807, 2.05) is 32.0 Å². The van der Waals surface area contributed by atoms with Crippen molar-refractivity contribution in [2.75, 3.05) is 4.90 Å². The Kier molecular flexibility index (Phi) is 5.36. The fourth-order valence-corrected chi connectivity index (χ4v) is 4.10. The van der Waals surface area contributed by atoms with Gasteiger partial charge in [-0.15, -0.1) is 0 Å². The van der Waals surface area contributed by atoms with E-state index in [1.165, 1.54) is 23.1 Å². The molecule has 1 aliphatic heterocycles. The number of rotatable bonds is 6. The smallest absolute Gasteiger partial charge is 0.270 e. The van der Waals surface area contributed by atoms with Crippen molar-refractivity contribution in [2.45, 2.75) is 32.4 Å². The number of nitro groups is 1. The average Bonchev–Trinajstić information content (AvgIpc) is 2.98. The minimum Gasteiger partial charge on any atom is -0.375 e. The molecule has 0 fully saturated rings. The van der Waals surface area contributed by atoms with Gasteiger partial charge >= 0.3 is 0 Å². The van der Waals surface area contributed by atoms with Gasteiger partial charge in [-0.1, -0.05) is 54.1 Å². The van der Waals surface area contributed by atoms with E-state index in [0.717, 1.165) is 22.8 Å². The van der Waals surface area contributed by atoms with Gasteiger partial charge in [-0.2, -0.15) is 0 Å². The lowest BCUT2D eigenvalue weighted by Crippen LogP contribution is -2.41. The van der Waals surface area contributed by atoms with Crippen LogP contribution in [0, 0.1) is 24.0 Å².